The van der Waals surface area contributed by atoms with Crippen LogP contribution in [0.15, 0.2) is 5.38 Å². The number of nitrogens with zero attached hydrogens (tertiary/aromatic N) is 3. The van der Waals surface area contributed by atoms with Gasteiger partial charge in [0, 0.05) is 38.5 Å². The molecule has 0 aliphatic rings. The zero-order chi connectivity index (χ0) is 14.3. The van der Waals surface area contributed by atoms with Gasteiger partial charge in [-0.3, -0.25) is 14.6 Å². The molecule has 0 radical (unpaired) electrons. The van der Waals surface area contributed by atoms with Gasteiger partial charge < -0.3 is 10.2 Å². The molecular formula is C12H21N3O3S. The molecule has 0 aliphatic carbocycles. The van der Waals surface area contributed by atoms with Crippen LogP contribution in [0.2, 0.25) is 0 Å². The topological polar surface area (TPSA) is 76.9 Å². The highest BCUT2D eigenvalue weighted by atomic mass is 32.1. The molecule has 0 unspecified atom stereocenters. The molecule has 1 rings (SSSR count). The van der Waals surface area contributed by atoms with E-state index in [1.54, 1.807) is 4.90 Å². The molecule has 0 aromatic carbocycles. The molecule has 0 atom stereocenters. The fourth-order valence-electron chi connectivity index (χ4n) is 1.77. The maximum absolute atomic E-state index is 11.4. The van der Waals surface area contributed by atoms with E-state index in [1.165, 1.54) is 18.3 Å². The van der Waals surface area contributed by atoms with Crippen molar-refractivity contribution in [1.82, 2.24) is 9.88 Å². The molecule has 6 nitrogen and oxygen atoms in total. The fraction of sp³-hybridized carbons (Fsp3) is 0.667. The van der Waals surface area contributed by atoms with Crippen molar-refractivity contribution in [3.05, 3.63) is 11.1 Å². The van der Waals surface area contributed by atoms with Crippen molar-refractivity contribution in [3.8, 4) is 0 Å². The molecule has 0 saturated heterocycles. The number of carbonyl (C=O) groups is 1. The van der Waals surface area contributed by atoms with E-state index < -0.39 is 0 Å². The van der Waals surface area contributed by atoms with Gasteiger partial charge in [0.15, 0.2) is 5.13 Å². The van der Waals surface area contributed by atoms with Crippen LogP contribution in [0.3, 0.4) is 0 Å². The predicted octanol–water partition coefficient (Wildman–Crippen LogP) is 0.303. The van der Waals surface area contributed by atoms with E-state index in [-0.39, 0.29) is 19.1 Å². The lowest BCUT2D eigenvalue weighted by atomic mass is 10.4. The second kappa shape index (κ2) is 8.21. The second-order valence-electron chi connectivity index (χ2n) is 4.11. The highest BCUT2D eigenvalue weighted by Crippen LogP contribution is 2.21. The highest BCUT2D eigenvalue weighted by molar-refractivity contribution is 7.14. The molecule has 1 amide bonds. The van der Waals surface area contributed by atoms with Crippen LogP contribution in [0.1, 0.15) is 19.5 Å². The van der Waals surface area contributed by atoms with E-state index in [9.17, 15) is 4.79 Å². The van der Waals surface area contributed by atoms with Gasteiger partial charge in [-0.2, -0.15) is 0 Å². The summed E-state index contributed by atoms with van der Waals surface area (Å²) in [6.45, 7) is 5.68. The summed E-state index contributed by atoms with van der Waals surface area (Å²) in [6.07, 6.45) is 0. The van der Waals surface area contributed by atoms with Crippen LogP contribution in [-0.2, 0) is 11.3 Å². The van der Waals surface area contributed by atoms with Gasteiger partial charge in [-0.25, -0.2) is 4.98 Å². The Morgan fingerprint density at radius 2 is 2.00 bits per heavy atom. The number of aliphatic hydroxyl groups excluding tert-OH is 2. The standard InChI is InChI=1S/C12H21N3O3S/c1-3-15(10(2)18)12-13-11(9-19-12)8-14(4-6-16)5-7-17/h9,16-17H,3-8H2,1-2H3. The molecule has 1 heterocycles. The highest BCUT2D eigenvalue weighted by Gasteiger charge is 2.14. The van der Waals surface area contributed by atoms with Gasteiger partial charge >= 0.3 is 0 Å². The van der Waals surface area contributed by atoms with Crippen molar-refractivity contribution in [2.24, 2.45) is 0 Å². The van der Waals surface area contributed by atoms with Crippen LogP contribution in [-0.4, -0.2) is 58.9 Å². The number of hydrogen-bond acceptors (Lipinski definition) is 6. The molecule has 1 aromatic heterocycles. The summed E-state index contributed by atoms with van der Waals surface area (Å²) >= 11 is 1.43. The number of aliphatic hydroxyl groups is 2. The molecule has 0 fully saturated rings. The molecule has 108 valence electrons. The van der Waals surface area contributed by atoms with Crippen LogP contribution in [0, 0.1) is 0 Å². The Kier molecular flexibility index (Phi) is 6.93. The van der Waals surface area contributed by atoms with Gasteiger partial charge in [0.05, 0.1) is 18.9 Å². The van der Waals surface area contributed by atoms with Crippen molar-refractivity contribution in [1.29, 1.82) is 0 Å². The lowest BCUT2D eigenvalue weighted by Crippen LogP contribution is -2.30. The Morgan fingerprint density at radius 3 is 2.47 bits per heavy atom. The zero-order valence-corrected chi connectivity index (χ0v) is 12.2. The SMILES string of the molecule is CCN(C(C)=O)c1nc(CN(CCO)CCO)cs1. The third-order valence-electron chi connectivity index (χ3n) is 2.68. The first-order valence-corrected chi connectivity index (χ1v) is 7.16. The number of rotatable bonds is 8. The minimum absolute atomic E-state index is 0.0222. The first-order chi connectivity index (χ1) is 9.12. The quantitative estimate of drug-likeness (QED) is 0.719. The summed E-state index contributed by atoms with van der Waals surface area (Å²) in [4.78, 5) is 19.4. The van der Waals surface area contributed by atoms with Gasteiger partial charge in [0.1, 0.15) is 0 Å². The third kappa shape index (κ3) is 4.87. The maximum atomic E-state index is 11.4. The number of carbonyl (C=O) groups excluding carboxylic acids is 1. The smallest absolute Gasteiger partial charge is 0.225 e. The van der Waals surface area contributed by atoms with Crippen LogP contribution < -0.4 is 4.90 Å². The van der Waals surface area contributed by atoms with E-state index in [4.69, 9.17) is 10.2 Å². The minimum atomic E-state index is -0.0222. The Hall–Kier alpha value is -1.02. The number of hydrogen-bond donors (Lipinski definition) is 2. The van der Waals surface area contributed by atoms with Gasteiger partial charge in [0.25, 0.3) is 0 Å². The van der Waals surface area contributed by atoms with Crippen LogP contribution in [0.5, 0.6) is 0 Å². The second-order valence-corrected chi connectivity index (χ2v) is 4.94. The molecule has 1 aromatic rings. The Bertz CT molecular complexity index is 391. The average molecular weight is 287 g/mol. The molecule has 7 heteroatoms. The Balaban J connectivity index is 2.69. The number of amides is 1. The Labute approximate surface area is 117 Å². The average Bonchev–Trinajstić information content (AvgIpc) is 2.78. The summed E-state index contributed by atoms with van der Waals surface area (Å²) in [6, 6.07) is 0. The van der Waals surface area contributed by atoms with E-state index in [1.807, 2.05) is 17.2 Å². The van der Waals surface area contributed by atoms with E-state index in [2.05, 4.69) is 4.98 Å². The van der Waals surface area contributed by atoms with Crippen molar-refractivity contribution in [2.75, 3.05) is 37.7 Å². The van der Waals surface area contributed by atoms with E-state index in [0.717, 1.165) is 5.69 Å². The summed E-state index contributed by atoms with van der Waals surface area (Å²) in [5.41, 5.74) is 0.849. The fourth-order valence-corrected chi connectivity index (χ4v) is 2.69. The van der Waals surface area contributed by atoms with Crippen LogP contribution in [0.25, 0.3) is 0 Å². The first kappa shape index (κ1) is 16.0. The molecule has 2 N–H and O–H groups in total. The molecule has 0 spiro atoms. The van der Waals surface area contributed by atoms with Gasteiger partial charge in [0.2, 0.25) is 5.91 Å². The van der Waals surface area contributed by atoms with Crippen molar-refractivity contribution in [3.63, 3.8) is 0 Å². The van der Waals surface area contributed by atoms with Crippen LogP contribution in [0.4, 0.5) is 5.13 Å². The number of anilines is 1. The van der Waals surface area contributed by atoms with E-state index >= 15 is 0 Å². The molecule has 19 heavy (non-hydrogen) atoms. The van der Waals surface area contributed by atoms with Gasteiger partial charge in [-0.15, -0.1) is 11.3 Å². The predicted molar refractivity (Wildman–Crippen MR) is 75.3 cm³/mol. The molecule has 0 saturated carbocycles. The van der Waals surface area contributed by atoms with Crippen LogP contribution >= 0.6 is 11.3 Å². The summed E-state index contributed by atoms with van der Waals surface area (Å²) in [7, 11) is 0. The van der Waals surface area contributed by atoms with Crippen molar-refractivity contribution >= 4 is 22.4 Å². The number of aromatic nitrogens is 1. The largest absolute Gasteiger partial charge is 0.395 e. The summed E-state index contributed by atoms with van der Waals surface area (Å²) in [5.74, 6) is -0.0222. The molecular weight excluding hydrogens is 266 g/mol. The summed E-state index contributed by atoms with van der Waals surface area (Å²) < 4.78 is 0. The third-order valence-corrected chi connectivity index (χ3v) is 3.60. The van der Waals surface area contributed by atoms with Gasteiger partial charge in [-0.05, 0) is 6.92 Å². The van der Waals surface area contributed by atoms with Crippen molar-refractivity contribution in [2.45, 2.75) is 20.4 Å². The normalized spacial score (nSPS) is 11.0. The molecule has 0 aliphatic heterocycles. The minimum Gasteiger partial charge on any atom is -0.395 e. The first-order valence-electron chi connectivity index (χ1n) is 6.29. The van der Waals surface area contributed by atoms with Crippen molar-refractivity contribution < 1.29 is 15.0 Å². The van der Waals surface area contributed by atoms with Gasteiger partial charge in [-0.1, -0.05) is 0 Å². The Morgan fingerprint density at radius 1 is 1.37 bits per heavy atom. The lowest BCUT2D eigenvalue weighted by Gasteiger charge is -2.19. The summed E-state index contributed by atoms with van der Waals surface area (Å²) in [5, 5.41) is 20.5. The maximum Gasteiger partial charge on any atom is 0.225 e. The monoisotopic (exact) mass is 287 g/mol. The lowest BCUT2D eigenvalue weighted by molar-refractivity contribution is -0.116. The molecule has 0 bridgehead atoms. The zero-order valence-electron chi connectivity index (χ0n) is 11.4. The number of thiazole rings is 1. The van der Waals surface area contributed by atoms with E-state index in [0.29, 0.717) is 31.3 Å².